The van der Waals surface area contributed by atoms with E-state index in [0.717, 1.165) is 32.1 Å². The second-order valence-electron chi connectivity index (χ2n) is 5.14. The van der Waals surface area contributed by atoms with Crippen molar-refractivity contribution in [1.29, 1.82) is 0 Å². The summed E-state index contributed by atoms with van der Waals surface area (Å²) in [6, 6.07) is 1.60. The molecule has 1 aliphatic carbocycles. The average molecular weight is 307 g/mol. The second-order valence-corrected chi connectivity index (χ2v) is 7.10. The molecule has 2 heterocycles. The quantitative estimate of drug-likeness (QED) is 0.929. The third-order valence-corrected chi connectivity index (χ3v) is 5.50. The maximum Gasteiger partial charge on any atom is 0.236 e. The zero-order valence-electron chi connectivity index (χ0n) is 11.5. The standard InChI is InChI=1S/C13H17N5O2S/c19-21(20,11-4-2-1-3-5-11)17-12-8-13(16-9-15-12)18-7-6-14-10-18/h6-11H,1-5H2,(H,15,16,17). The normalized spacial score (nSPS) is 16.8. The van der Waals surface area contributed by atoms with Crippen LogP contribution < -0.4 is 4.72 Å². The average Bonchev–Trinajstić information content (AvgIpc) is 3.02. The molecule has 0 atom stereocenters. The highest BCUT2D eigenvalue weighted by Crippen LogP contribution is 2.25. The minimum Gasteiger partial charge on any atom is -0.290 e. The third kappa shape index (κ3) is 3.21. The zero-order valence-corrected chi connectivity index (χ0v) is 12.3. The Kier molecular flexibility index (Phi) is 3.87. The Morgan fingerprint density at radius 1 is 1.19 bits per heavy atom. The van der Waals surface area contributed by atoms with Crippen molar-refractivity contribution in [2.75, 3.05) is 4.72 Å². The first-order valence-corrected chi connectivity index (χ1v) is 8.52. The first-order valence-electron chi connectivity index (χ1n) is 6.97. The van der Waals surface area contributed by atoms with Crippen molar-refractivity contribution >= 4 is 15.8 Å². The number of imidazole rings is 1. The molecule has 8 heteroatoms. The van der Waals surface area contributed by atoms with Gasteiger partial charge in [-0.2, -0.15) is 0 Å². The summed E-state index contributed by atoms with van der Waals surface area (Å²) in [5, 5.41) is -0.321. The smallest absolute Gasteiger partial charge is 0.236 e. The van der Waals surface area contributed by atoms with E-state index in [1.165, 1.54) is 6.33 Å². The lowest BCUT2D eigenvalue weighted by Crippen LogP contribution is -2.30. The molecule has 1 N–H and O–H groups in total. The van der Waals surface area contributed by atoms with Crippen LogP contribution in [0.3, 0.4) is 0 Å². The number of nitrogens with one attached hydrogen (secondary N) is 1. The van der Waals surface area contributed by atoms with Crippen LogP contribution >= 0.6 is 0 Å². The molecular formula is C13H17N5O2S. The van der Waals surface area contributed by atoms with Gasteiger partial charge in [-0.15, -0.1) is 0 Å². The van der Waals surface area contributed by atoms with Crippen molar-refractivity contribution in [3.05, 3.63) is 31.1 Å². The molecule has 7 nitrogen and oxygen atoms in total. The van der Waals surface area contributed by atoms with Gasteiger partial charge in [0.2, 0.25) is 10.0 Å². The molecule has 1 saturated carbocycles. The van der Waals surface area contributed by atoms with Gasteiger partial charge in [0.15, 0.2) is 0 Å². The van der Waals surface area contributed by atoms with Gasteiger partial charge in [-0.25, -0.2) is 23.4 Å². The summed E-state index contributed by atoms with van der Waals surface area (Å²) in [4.78, 5) is 12.0. The highest BCUT2D eigenvalue weighted by atomic mass is 32.2. The van der Waals surface area contributed by atoms with Crippen molar-refractivity contribution in [1.82, 2.24) is 19.5 Å². The van der Waals surface area contributed by atoms with E-state index in [1.807, 2.05) is 0 Å². The fourth-order valence-corrected chi connectivity index (χ4v) is 4.07. The van der Waals surface area contributed by atoms with Crippen LogP contribution in [0.4, 0.5) is 5.82 Å². The molecule has 0 amide bonds. The topological polar surface area (TPSA) is 89.8 Å². The van der Waals surface area contributed by atoms with E-state index in [2.05, 4.69) is 19.7 Å². The van der Waals surface area contributed by atoms with E-state index in [9.17, 15) is 8.42 Å². The lowest BCUT2D eigenvalue weighted by molar-refractivity contribution is 0.486. The van der Waals surface area contributed by atoms with Gasteiger partial charge in [-0.05, 0) is 12.8 Å². The Hall–Kier alpha value is -1.96. The first kappa shape index (κ1) is 14.0. The molecule has 112 valence electrons. The van der Waals surface area contributed by atoms with Crippen molar-refractivity contribution in [2.24, 2.45) is 0 Å². The number of sulfonamides is 1. The summed E-state index contributed by atoms with van der Waals surface area (Å²) >= 11 is 0. The highest BCUT2D eigenvalue weighted by molar-refractivity contribution is 7.93. The van der Waals surface area contributed by atoms with E-state index in [4.69, 9.17) is 0 Å². The van der Waals surface area contributed by atoms with Crippen LogP contribution in [0.5, 0.6) is 0 Å². The number of nitrogens with zero attached hydrogens (tertiary/aromatic N) is 4. The summed E-state index contributed by atoms with van der Waals surface area (Å²) in [7, 11) is -3.39. The van der Waals surface area contributed by atoms with Crippen LogP contribution in [0.1, 0.15) is 32.1 Å². The Morgan fingerprint density at radius 3 is 2.71 bits per heavy atom. The predicted octanol–water partition coefficient (Wildman–Crippen LogP) is 1.74. The molecular weight excluding hydrogens is 290 g/mol. The van der Waals surface area contributed by atoms with Crippen LogP contribution in [-0.2, 0) is 10.0 Å². The largest absolute Gasteiger partial charge is 0.290 e. The molecule has 0 aromatic carbocycles. The van der Waals surface area contributed by atoms with Crippen LogP contribution in [0.2, 0.25) is 0 Å². The highest BCUT2D eigenvalue weighted by Gasteiger charge is 2.27. The van der Waals surface area contributed by atoms with Gasteiger partial charge in [-0.1, -0.05) is 19.3 Å². The maximum absolute atomic E-state index is 12.4. The summed E-state index contributed by atoms with van der Waals surface area (Å²) in [6.45, 7) is 0. The molecule has 1 aliphatic rings. The van der Waals surface area contributed by atoms with Gasteiger partial charge < -0.3 is 0 Å². The van der Waals surface area contributed by atoms with Crippen LogP contribution in [0.25, 0.3) is 5.82 Å². The second kappa shape index (κ2) is 5.80. The van der Waals surface area contributed by atoms with Gasteiger partial charge >= 0.3 is 0 Å². The molecule has 21 heavy (non-hydrogen) atoms. The van der Waals surface area contributed by atoms with Gasteiger partial charge in [0.25, 0.3) is 0 Å². The lowest BCUT2D eigenvalue weighted by atomic mass is 10.0. The van der Waals surface area contributed by atoms with Crippen molar-refractivity contribution < 1.29 is 8.42 Å². The van der Waals surface area contributed by atoms with Crippen molar-refractivity contribution in [3.8, 4) is 5.82 Å². The number of hydrogen-bond acceptors (Lipinski definition) is 5. The molecule has 2 aromatic heterocycles. The van der Waals surface area contributed by atoms with Crippen LogP contribution in [0, 0.1) is 0 Å². The molecule has 0 radical (unpaired) electrons. The Morgan fingerprint density at radius 2 is 2.00 bits per heavy atom. The van der Waals surface area contributed by atoms with Gasteiger partial charge in [0, 0.05) is 18.5 Å². The molecule has 3 rings (SSSR count). The molecule has 0 aliphatic heterocycles. The summed E-state index contributed by atoms with van der Waals surface area (Å²) in [6.07, 6.45) is 10.8. The van der Waals surface area contributed by atoms with Crippen LogP contribution in [-0.4, -0.2) is 33.2 Å². The summed E-state index contributed by atoms with van der Waals surface area (Å²) in [5.41, 5.74) is 0. The third-order valence-electron chi connectivity index (χ3n) is 3.66. The molecule has 2 aromatic rings. The molecule has 1 fully saturated rings. The Bertz CT molecular complexity index is 693. The number of anilines is 1. The summed E-state index contributed by atoms with van der Waals surface area (Å²) < 4.78 is 29.0. The van der Waals surface area contributed by atoms with E-state index < -0.39 is 10.0 Å². The van der Waals surface area contributed by atoms with Gasteiger partial charge in [0.05, 0.1) is 5.25 Å². The Balaban J connectivity index is 1.80. The van der Waals surface area contributed by atoms with E-state index in [0.29, 0.717) is 11.6 Å². The monoisotopic (exact) mass is 307 g/mol. The molecule has 0 unspecified atom stereocenters. The van der Waals surface area contributed by atoms with E-state index in [1.54, 1.807) is 29.4 Å². The fraction of sp³-hybridized carbons (Fsp3) is 0.462. The lowest BCUT2D eigenvalue weighted by Gasteiger charge is -2.22. The minimum absolute atomic E-state index is 0.291. The molecule has 0 spiro atoms. The summed E-state index contributed by atoms with van der Waals surface area (Å²) in [5.74, 6) is 0.864. The minimum atomic E-state index is -3.39. The van der Waals surface area contributed by atoms with Gasteiger partial charge in [-0.3, -0.25) is 9.29 Å². The van der Waals surface area contributed by atoms with E-state index >= 15 is 0 Å². The number of rotatable bonds is 4. The fourth-order valence-electron chi connectivity index (χ4n) is 2.54. The first-order chi connectivity index (χ1) is 10.1. The molecule has 0 bridgehead atoms. The van der Waals surface area contributed by atoms with Crippen LogP contribution in [0.15, 0.2) is 31.1 Å². The zero-order chi connectivity index (χ0) is 14.7. The molecule has 0 saturated heterocycles. The van der Waals surface area contributed by atoms with Crippen molar-refractivity contribution in [3.63, 3.8) is 0 Å². The SMILES string of the molecule is O=S(=O)(Nc1cc(-n2ccnc2)ncn1)C1CCCCC1. The number of aromatic nitrogens is 4. The number of hydrogen-bond donors (Lipinski definition) is 1. The van der Waals surface area contributed by atoms with Gasteiger partial charge in [0.1, 0.15) is 24.3 Å². The predicted molar refractivity (Wildman–Crippen MR) is 78.6 cm³/mol. The Labute approximate surface area is 123 Å². The van der Waals surface area contributed by atoms with E-state index in [-0.39, 0.29) is 5.25 Å². The van der Waals surface area contributed by atoms with Crippen molar-refractivity contribution in [2.45, 2.75) is 37.4 Å². The maximum atomic E-state index is 12.4.